The van der Waals surface area contributed by atoms with Crippen molar-refractivity contribution < 1.29 is 4.74 Å². The first-order valence-corrected chi connectivity index (χ1v) is 6.42. The van der Waals surface area contributed by atoms with Gasteiger partial charge in [0, 0.05) is 12.7 Å². The van der Waals surface area contributed by atoms with Crippen LogP contribution >= 0.6 is 11.6 Å². The molecule has 0 saturated heterocycles. The predicted octanol–water partition coefficient (Wildman–Crippen LogP) is 1.24. The van der Waals surface area contributed by atoms with Crippen molar-refractivity contribution in [2.75, 3.05) is 12.3 Å². The lowest BCUT2D eigenvalue weighted by molar-refractivity contribution is 0.302. The molecular formula is C13H14ClN3O3. The van der Waals surface area contributed by atoms with Gasteiger partial charge in [0.25, 0.3) is 5.56 Å². The summed E-state index contributed by atoms with van der Waals surface area (Å²) in [6.07, 6.45) is 1.90. The lowest BCUT2D eigenvalue weighted by Crippen LogP contribution is -2.30. The fourth-order valence-electron chi connectivity index (χ4n) is 1.68. The zero-order chi connectivity index (χ0) is 14.5. The minimum Gasteiger partial charge on any atom is -0.491 e. The summed E-state index contributed by atoms with van der Waals surface area (Å²) in [7, 11) is 0. The number of hydrogen-bond donors (Lipinski definition) is 2. The third-order valence-electron chi connectivity index (χ3n) is 2.69. The minimum atomic E-state index is -0.582. The highest BCUT2D eigenvalue weighted by Gasteiger charge is 2.03. The summed E-state index contributed by atoms with van der Waals surface area (Å²) >= 11 is 5.66. The van der Waals surface area contributed by atoms with E-state index >= 15 is 0 Å². The molecule has 0 bridgehead atoms. The van der Waals surface area contributed by atoms with E-state index in [1.165, 1.54) is 10.8 Å². The number of para-hydroxylation sites is 2. The van der Waals surface area contributed by atoms with Gasteiger partial charge in [-0.2, -0.15) is 0 Å². The van der Waals surface area contributed by atoms with E-state index in [4.69, 9.17) is 22.1 Å². The van der Waals surface area contributed by atoms with E-state index in [2.05, 4.69) is 4.98 Å². The maximum absolute atomic E-state index is 11.5. The fraction of sp³-hybridized carbons (Fsp3) is 0.231. The second kappa shape index (κ2) is 6.29. The third kappa shape index (κ3) is 3.42. The van der Waals surface area contributed by atoms with Crippen molar-refractivity contribution in [2.24, 2.45) is 0 Å². The van der Waals surface area contributed by atoms with Crippen molar-refractivity contribution in [2.45, 2.75) is 13.0 Å². The van der Waals surface area contributed by atoms with Gasteiger partial charge in [-0.3, -0.25) is 14.3 Å². The Balaban J connectivity index is 1.91. The van der Waals surface area contributed by atoms with Crippen LogP contribution in [0.1, 0.15) is 6.42 Å². The molecule has 1 aromatic carbocycles. The molecule has 0 aliphatic heterocycles. The molecule has 3 N–H and O–H groups in total. The van der Waals surface area contributed by atoms with Gasteiger partial charge in [0.05, 0.1) is 12.3 Å². The predicted molar refractivity (Wildman–Crippen MR) is 77.3 cm³/mol. The van der Waals surface area contributed by atoms with Gasteiger partial charge < -0.3 is 10.5 Å². The first-order valence-electron chi connectivity index (χ1n) is 6.04. The van der Waals surface area contributed by atoms with Crippen molar-refractivity contribution in [3.8, 4) is 5.75 Å². The number of benzene rings is 1. The molecule has 7 heteroatoms. The van der Waals surface area contributed by atoms with Gasteiger partial charge in [-0.15, -0.1) is 0 Å². The number of rotatable bonds is 5. The van der Waals surface area contributed by atoms with Gasteiger partial charge in [0.15, 0.2) is 0 Å². The standard InChI is InChI=1S/C13H14ClN3O3/c14-9-8-17(13(19)16-12(9)18)6-3-7-20-11-5-2-1-4-10(11)15/h1-2,4-5,8H,3,6-7,15H2,(H,16,18,19). The number of nitrogen functional groups attached to an aromatic ring is 1. The summed E-state index contributed by atoms with van der Waals surface area (Å²) in [5, 5.41) is -0.0159. The molecule has 20 heavy (non-hydrogen) atoms. The number of nitrogens with zero attached hydrogens (tertiary/aromatic N) is 1. The Morgan fingerprint density at radius 3 is 2.80 bits per heavy atom. The van der Waals surface area contributed by atoms with Crippen LogP contribution in [0.2, 0.25) is 5.02 Å². The first kappa shape index (κ1) is 14.2. The minimum absolute atomic E-state index is 0.0159. The Kier molecular flexibility index (Phi) is 4.47. The van der Waals surface area contributed by atoms with Gasteiger partial charge in [-0.05, 0) is 18.6 Å². The van der Waals surface area contributed by atoms with E-state index in [1.54, 1.807) is 12.1 Å². The van der Waals surface area contributed by atoms with E-state index in [-0.39, 0.29) is 5.02 Å². The Bertz CT molecular complexity index is 708. The lowest BCUT2D eigenvalue weighted by Gasteiger charge is -2.09. The van der Waals surface area contributed by atoms with E-state index in [0.29, 0.717) is 31.0 Å². The van der Waals surface area contributed by atoms with Crippen LogP contribution in [0, 0.1) is 0 Å². The Labute approximate surface area is 119 Å². The normalized spacial score (nSPS) is 10.4. The van der Waals surface area contributed by atoms with Crippen LogP contribution in [0.25, 0.3) is 0 Å². The molecule has 0 spiro atoms. The van der Waals surface area contributed by atoms with E-state index < -0.39 is 11.2 Å². The molecule has 0 atom stereocenters. The van der Waals surface area contributed by atoms with E-state index in [9.17, 15) is 9.59 Å². The van der Waals surface area contributed by atoms with Gasteiger partial charge in [-0.25, -0.2) is 4.79 Å². The summed E-state index contributed by atoms with van der Waals surface area (Å²) in [5.41, 5.74) is 5.23. The lowest BCUT2D eigenvalue weighted by atomic mass is 10.3. The highest BCUT2D eigenvalue weighted by molar-refractivity contribution is 6.30. The van der Waals surface area contributed by atoms with Crippen molar-refractivity contribution in [3.63, 3.8) is 0 Å². The van der Waals surface area contributed by atoms with Gasteiger partial charge >= 0.3 is 5.69 Å². The average Bonchev–Trinajstić information content (AvgIpc) is 2.42. The molecular weight excluding hydrogens is 282 g/mol. The number of aromatic nitrogens is 2. The molecule has 0 aliphatic rings. The molecule has 6 nitrogen and oxygen atoms in total. The fourth-order valence-corrected chi connectivity index (χ4v) is 1.84. The van der Waals surface area contributed by atoms with Crippen LogP contribution < -0.4 is 21.7 Å². The summed E-state index contributed by atoms with van der Waals surface area (Å²) in [5.74, 6) is 0.611. The van der Waals surface area contributed by atoms with E-state index in [0.717, 1.165) is 0 Å². The molecule has 0 unspecified atom stereocenters. The molecule has 0 aliphatic carbocycles. The zero-order valence-electron chi connectivity index (χ0n) is 10.6. The Morgan fingerprint density at radius 2 is 2.05 bits per heavy atom. The monoisotopic (exact) mass is 295 g/mol. The summed E-state index contributed by atoms with van der Waals surface area (Å²) in [4.78, 5) is 24.7. The van der Waals surface area contributed by atoms with Crippen molar-refractivity contribution in [1.29, 1.82) is 0 Å². The Morgan fingerprint density at radius 1 is 1.30 bits per heavy atom. The Hall–Kier alpha value is -2.21. The second-order valence-electron chi connectivity index (χ2n) is 4.17. The van der Waals surface area contributed by atoms with Crippen molar-refractivity contribution in [3.05, 3.63) is 56.3 Å². The van der Waals surface area contributed by atoms with Crippen LogP contribution in [0.5, 0.6) is 5.75 Å². The number of aryl methyl sites for hydroxylation is 1. The molecule has 1 heterocycles. The van der Waals surface area contributed by atoms with Crippen LogP contribution in [-0.4, -0.2) is 16.2 Å². The van der Waals surface area contributed by atoms with Gasteiger partial charge in [0.1, 0.15) is 10.8 Å². The van der Waals surface area contributed by atoms with Crippen molar-refractivity contribution >= 4 is 17.3 Å². The highest BCUT2D eigenvalue weighted by atomic mass is 35.5. The molecule has 2 rings (SSSR count). The number of anilines is 1. The molecule has 1 aromatic heterocycles. The van der Waals surface area contributed by atoms with Crippen LogP contribution in [-0.2, 0) is 6.54 Å². The number of nitrogens with two attached hydrogens (primary N) is 1. The number of H-pyrrole nitrogens is 1. The number of halogens is 1. The van der Waals surface area contributed by atoms with E-state index in [1.807, 2.05) is 12.1 Å². The number of nitrogens with one attached hydrogen (secondary N) is 1. The number of aromatic amines is 1. The van der Waals surface area contributed by atoms with Crippen LogP contribution in [0.15, 0.2) is 40.1 Å². The SMILES string of the molecule is Nc1ccccc1OCCCn1cc(Cl)c(=O)[nH]c1=O. The number of ether oxygens (including phenoxy) is 1. The molecule has 0 radical (unpaired) electrons. The summed E-state index contributed by atoms with van der Waals surface area (Å²) < 4.78 is 6.84. The molecule has 106 valence electrons. The molecule has 0 saturated carbocycles. The molecule has 0 fully saturated rings. The average molecular weight is 296 g/mol. The first-order chi connectivity index (χ1) is 9.58. The van der Waals surface area contributed by atoms with Crippen LogP contribution in [0.4, 0.5) is 5.69 Å². The summed E-state index contributed by atoms with van der Waals surface area (Å²) in [6.45, 7) is 0.791. The quantitative estimate of drug-likeness (QED) is 0.641. The summed E-state index contributed by atoms with van der Waals surface area (Å²) in [6, 6.07) is 7.18. The maximum atomic E-state index is 11.5. The largest absolute Gasteiger partial charge is 0.491 e. The van der Waals surface area contributed by atoms with Crippen LogP contribution in [0.3, 0.4) is 0 Å². The van der Waals surface area contributed by atoms with Crippen molar-refractivity contribution in [1.82, 2.24) is 9.55 Å². The number of hydrogen-bond acceptors (Lipinski definition) is 4. The third-order valence-corrected chi connectivity index (χ3v) is 2.96. The van der Waals surface area contributed by atoms with Gasteiger partial charge in [0.2, 0.25) is 0 Å². The second-order valence-corrected chi connectivity index (χ2v) is 4.58. The smallest absolute Gasteiger partial charge is 0.328 e. The zero-order valence-corrected chi connectivity index (χ0v) is 11.4. The maximum Gasteiger partial charge on any atom is 0.328 e. The molecule has 0 amide bonds. The van der Waals surface area contributed by atoms with Gasteiger partial charge in [-0.1, -0.05) is 23.7 Å². The molecule has 2 aromatic rings. The topological polar surface area (TPSA) is 90.1 Å². The highest BCUT2D eigenvalue weighted by Crippen LogP contribution is 2.19.